The molecule has 0 atom stereocenters. The van der Waals surface area contributed by atoms with Gasteiger partial charge in [-0.05, 0) is 55.5 Å². The first-order valence-corrected chi connectivity index (χ1v) is 12.3. The highest BCUT2D eigenvalue weighted by Gasteiger charge is 2.31. The molecular weight excluding hydrogens is 457 g/mol. The summed E-state index contributed by atoms with van der Waals surface area (Å²) in [4.78, 5) is 20.5. The lowest BCUT2D eigenvalue weighted by Crippen LogP contribution is -2.35. The number of carbonyl (C=O) groups excluding carboxylic acids is 1. The summed E-state index contributed by atoms with van der Waals surface area (Å²) < 4.78 is 66.0. The molecule has 1 aromatic heterocycles. The van der Waals surface area contributed by atoms with Crippen molar-refractivity contribution >= 4 is 21.7 Å². The Morgan fingerprint density at radius 2 is 1.88 bits per heavy atom. The fraction of sp³-hybridized carbons (Fsp3) is 0.455. The number of amides is 1. The van der Waals surface area contributed by atoms with Gasteiger partial charge in [0, 0.05) is 44.5 Å². The summed E-state index contributed by atoms with van der Waals surface area (Å²) in [5.74, 6) is 0.535. The summed E-state index contributed by atoms with van der Waals surface area (Å²) >= 11 is 0. The molecular formula is C22H25F3N4O3S. The van der Waals surface area contributed by atoms with Crippen LogP contribution in [0.2, 0.25) is 0 Å². The number of anilines is 1. The normalized spacial score (nSPS) is 17.7. The van der Waals surface area contributed by atoms with Gasteiger partial charge in [0.1, 0.15) is 5.82 Å². The van der Waals surface area contributed by atoms with E-state index in [9.17, 15) is 26.4 Å². The van der Waals surface area contributed by atoms with Crippen LogP contribution in [-0.2, 0) is 16.2 Å². The van der Waals surface area contributed by atoms with Crippen molar-refractivity contribution < 1.29 is 26.4 Å². The van der Waals surface area contributed by atoms with E-state index in [4.69, 9.17) is 0 Å². The van der Waals surface area contributed by atoms with Gasteiger partial charge in [-0.25, -0.2) is 18.1 Å². The van der Waals surface area contributed by atoms with Crippen LogP contribution in [0.3, 0.4) is 0 Å². The number of nitrogens with zero attached hydrogens (tertiary/aromatic N) is 3. The van der Waals surface area contributed by atoms with Gasteiger partial charge in [0.05, 0.1) is 10.5 Å². The molecule has 1 amide bonds. The SMILES string of the molecule is O=C(c1cccc(S(=O)(=O)NCC2CC2)c1)N1CCCN(c2ccc(C(F)(F)F)cn2)CC1. The predicted octanol–water partition coefficient (Wildman–Crippen LogP) is 3.14. The quantitative estimate of drug-likeness (QED) is 0.684. The van der Waals surface area contributed by atoms with Crippen molar-refractivity contribution in [3.05, 3.63) is 53.7 Å². The molecule has 2 aromatic rings. The molecule has 1 saturated carbocycles. The number of benzene rings is 1. The Morgan fingerprint density at radius 1 is 1.09 bits per heavy atom. The first kappa shape index (κ1) is 23.5. The summed E-state index contributed by atoms with van der Waals surface area (Å²) in [5.41, 5.74) is -0.523. The zero-order chi connectivity index (χ0) is 23.6. The average molecular weight is 483 g/mol. The molecule has 0 bridgehead atoms. The molecule has 1 aliphatic heterocycles. The van der Waals surface area contributed by atoms with E-state index >= 15 is 0 Å². The lowest BCUT2D eigenvalue weighted by Gasteiger charge is -2.23. The highest BCUT2D eigenvalue weighted by Crippen LogP contribution is 2.30. The number of hydrogen-bond donors (Lipinski definition) is 1. The van der Waals surface area contributed by atoms with Gasteiger partial charge in [0.15, 0.2) is 0 Å². The summed E-state index contributed by atoms with van der Waals surface area (Å²) in [6, 6.07) is 8.32. The minimum Gasteiger partial charge on any atom is -0.355 e. The van der Waals surface area contributed by atoms with E-state index in [0.717, 1.165) is 25.1 Å². The van der Waals surface area contributed by atoms with Gasteiger partial charge in [0.25, 0.3) is 5.91 Å². The first-order valence-electron chi connectivity index (χ1n) is 10.8. The molecule has 178 valence electrons. The van der Waals surface area contributed by atoms with Crippen LogP contribution in [0.4, 0.5) is 19.0 Å². The van der Waals surface area contributed by atoms with Crippen LogP contribution in [0.1, 0.15) is 35.2 Å². The van der Waals surface area contributed by atoms with E-state index in [1.54, 1.807) is 17.0 Å². The minimum atomic E-state index is -4.44. The van der Waals surface area contributed by atoms with E-state index in [-0.39, 0.29) is 16.4 Å². The molecule has 4 rings (SSSR count). The van der Waals surface area contributed by atoms with Crippen molar-refractivity contribution in [1.82, 2.24) is 14.6 Å². The fourth-order valence-corrected chi connectivity index (χ4v) is 4.86. The summed E-state index contributed by atoms with van der Waals surface area (Å²) in [7, 11) is -3.69. The van der Waals surface area contributed by atoms with Crippen LogP contribution in [0.15, 0.2) is 47.5 Å². The van der Waals surface area contributed by atoms with Gasteiger partial charge in [-0.1, -0.05) is 6.07 Å². The molecule has 7 nitrogen and oxygen atoms in total. The number of sulfonamides is 1. The van der Waals surface area contributed by atoms with E-state index in [0.29, 0.717) is 50.9 Å². The molecule has 1 saturated heterocycles. The van der Waals surface area contributed by atoms with Gasteiger partial charge in [-0.15, -0.1) is 0 Å². The monoisotopic (exact) mass is 482 g/mol. The van der Waals surface area contributed by atoms with Crippen molar-refractivity contribution in [3.63, 3.8) is 0 Å². The number of alkyl halides is 3. The Kier molecular flexibility index (Phi) is 6.62. The number of aromatic nitrogens is 1. The number of nitrogens with one attached hydrogen (secondary N) is 1. The van der Waals surface area contributed by atoms with Crippen LogP contribution in [0, 0.1) is 5.92 Å². The molecule has 1 aromatic carbocycles. The second kappa shape index (κ2) is 9.30. The highest BCUT2D eigenvalue weighted by atomic mass is 32.2. The third kappa shape index (κ3) is 5.83. The molecule has 1 N–H and O–H groups in total. The Hall–Kier alpha value is -2.66. The van der Waals surface area contributed by atoms with Crippen LogP contribution < -0.4 is 9.62 Å². The number of hydrogen-bond acceptors (Lipinski definition) is 5. The molecule has 0 unspecified atom stereocenters. The van der Waals surface area contributed by atoms with Gasteiger partial charge in [-0.3, -0.25) is 4.79 Å². The number of pyridine rings is 1. The van der Waals surface area contributed by atoms with Crippen LogP contribution in [0.5, 0.6) is 0 Å². The molecule has 0 spiro atoms. The van der Waals surface area contributed by atoms with Gasteiger partial charge < -0.3 is 9.80 Å². The summed E-state index contributed by atoms with van der Waals surface area (Å²) in [6.07, 6.45) is -0.977. The minimum absolute atomic E-state index is 0.0550. The Labute approximate surface area is 190 Å². The summed E-state index contributed by atoms with van der Waals surface area (Å²) in [5, 5.41) is 0. The smallest absolute Gasteiger partial charge is 0.355 e. The zero-order valence-corrected chi connectivity index (χ0v) is 18.7. The van der Waals surface area contributed by atoms with Crippen molar-refractivity contribution in [3.8, 4) is 0 Å². The maximum absolute atomic E-state index is 13.1. The van der Waals surface area contributed by atoms with Gasteiger partial charge in [0.2, 0.25) is 10.0 Å². The largest absolute Gasteiger partial charge is 0.417 e. The third-order valence-corrected chi connectivity index (χ3v) is 7.25. The van der Waals surface area contributed by atoms with Gasteiger partial charge in [-0.2, -0.15) is 13.2 Å². The molecule has 0 radical (unpaired) electrons. The molecule has 11 heteroatoms. The maximum Gasteiger partial charge on any atom is 0.417 e. The Balaban J connectivity index is 1.41. The first-order chi connectivity index (χ1) is 15.6. The topological polar surface area (TPSA) is 82.6 Å². The predicted molar refractivity (Wildman–Crippen MR) is 116 cm³/mol. The van der Waals surface area contributed by atoms with Crippen LogP contribution in [-0.4, -0.2) is 56.9 Å². The second-order valence-electron chi connectivity index (χ2n) is 8.36. The molecule has 33 heavy (non-hydrogen) atoms. The standard InChI is InChI=1S/C22H25F3N4O3S/c23-22(24,25)18-7-8-20(26-15-18)28-9-2-10-29(12-11-28)21(30)17-3-1-4-19(13-17)33(31,32)27-14-16-5-6-16/h1,3-4,7-8,13,15-16,27H,2,5-6,9-12,14H2. The fourth-order valence-electron chi connectivity index (χ4n) is 3.70. The lowest BCUT2D eigenvalue weighted by molar-refractivity contribution is -0.137. The van der Waals surface area contributed by atoms with Gasteiger partial charge >= 0.3 is 6.18 Å². The third-order valence-electron chi connectivity index (χ3n) is 5.83. The highest BCUT2D eigenvalue weighted by molar-refractivity contribution is 7.89. The van der Waals surface area contributed by atoms with E-state index in [1.807, 2.05) is 4.90 Å². The molecule has 2 aliphatic rings. The van der Waals surface area contributed by atoms with Crippen molar-refractivity contribution in [1.29, 1.82) is 0 Å². The van der Waals surface area contributed by atoms with Crippen molar-refractivity contribution in [2.75, 3.05) is 37.6 Å². The average Bonchev–Trinajstić information content (AvgIpc) is 3.64. The summed E-state index contributed by atoms with van der Waals surface area (Å²) in [6.45, 7) is 2.15. The zero-order valence-electron chi connectivity index (χ0n) is 17.9. The molecule has 2 fully saturated rings. The Bertz CT molecular complexity index is 1100. The van der Waals surface area contributed by atoms with Crippen molar-refractivity contribution in [2.24, 2.45) is 5.92 Å². The molecule has 1 aliphatic carbocycles. The molecule has 2 heterocycles. The number of carbonyl (C=O) groups is 1. The Morgan fingerprint density at radius 3 is 2.55 bits per heavy atom. The van der Waals surface area contributed by atoms with E-state index < -0.39 is 21.8 Å². The maximum atomic E-state index is 13.1. The van der Waals surface area contributed by atoms with Crippen molar-refractivity contribution in [2.45, 2.75) is 30.3 Å². The van der Waals surface area contributed by atoms with Crippen LogP contribution >= 0.6 is 0 Å². The number of rotatable bonds is 6. The second-order valence-corrected chi connectivity index (χ2v) is 10.1. The lowest BCUT2D eigenvalue weighted by atomic mass is 10.2. The number of halogens is 3. The van der Waals surface area contributed by atoms with E-state index in [1.165, 1.54) is 18.2 Å². The van der Waals surface area contributed by atoms with Crippen LogP contribution in [0.25, 0.3) is 0 Å². The van der Waals surface area contributed by atoms with E-state index in [2.05, 4.69) is 9.71 Å².